The molecule has 1 aliphatic carbocycles. The Morgan fingerprint density at radius 2 is 1.59 bits per heavy atom. The quantitative estimate of drug-likeness (QED) is 0.521. The second kappa shape index (κ2) is 12.0. The van der Waals surface area contributed by atoms with Crippen molar-refractivity contribution in [2.24, 2.45) is 5.92 Å². The highest BCUT2D eigenvalue weighted by Crippen LogP contribution is 2.19. The summed E-state index contributed by atoms with van der Waals surface area (Å²) in [6, 6.07) is 10.8. The fourth-order valence-electron chi connectivity index (χ4n) is 4.53. The van der Waals surface area contributed by atoms with Crippen LogP contribution in [0, 0.1) is 5.92 Å². The fraction of sp³-hybridized carbons (Fsp3) is 0.667. The van der Waals surface area contributed by atoms with Crippen LogP contribution in [0.4, 0.5) is 0 Å². The van der Waals surface area contributed by atoms with Crippen LogP contribution in [0.15, 0.2) is 30.3 Å². The fourth-order valence-corrected chi connectivity index (χ4v) is 4.53. The highest BCUT2D eigenvalue weighted by molar-refractivity contribution is 5.80. The molecule has 1 aromatic carbocycles. The summed E-state index contributed by atoms with van der Waals surface area (Å²) in [5.41, 5.74) is 1.20. The van der Waals surface area contributed by atoms with Crippen molar-refractivity contribution in [3.63, 3.8) is 0 Å². The number of nitrogens with one attached hydrogen (secondary N) is 2. The van der Waals surface area contributed by atoms with E-state index >= 15 is 0 Å². The third kappa shape index (κ3) is 7.46. The molecule has 2 N–H and O–H groups in total. The summed E-state index contributed by atoms with van der Waals surface area (Å²) in [5.74, 6) is 0.412. The molecule has 2 fully saturated rings. The Balaban J connectivity index is 1.28. The third-order valence-electron chi connectivity index (χ3n) is 6.40. The van der Waals surface area contributed by atoms with E-state index in [1.54, 1.807) is 0 Å². The van der Waals surface area contributed by atoms with Gasteiger partial charge < -0.3 is 15.5 Å². The van der Waals surface area contributed by atoms with Gasteiger partial charge in [0.25, 0.3) is 0 Å². The van der Waals surface area contributed by atoms with Gasteiger partial charge in [-0.2, -0.15) is 0 Å². The molecular formula is C24H37N3O2. The lowest BCUT2D eigenvalue weighted by atomic mass is 9.95. The van der Waals surface area contributed by atoms with E-state index in [9.17, 15) is 9.59 Å². The first kappa shape index (κ1) is 21.8. The molecule has 5 nitrogen and oxygen atoms in total. The van der Waals surface area contributed by atoms with Gasteiger partial charge in [-0.05, 0) is 37.7 Å². The lowest BCUT2D eigenvalue weighted by Gasteiger charge is -2.31. The number of hydrogen-bond acceptors (Lipinski definition) is 3. The predicted octanol–water partition coefficient (Wildman–Crippen LogP) is 3.29. The van der Waals surface area contributed by atoms with Crippen molar-refractivity contribution >= 4 is 11.8 Å². The van der Waals surface area contributed by atoms with Crippen molar-refractivity contribution in [2.75, 3.05) is 26.2 Å². The van der Waals surface area contributed by atoms with Gasteiger partial charge >= 0.3 is 0 Å². The first-order chi connectivity index (χ1) is 14.2. The summed E-state index contributed by atoms with van der Waals surface area (Å²) in [7, 11) is 0. The summed E-state index contributed by atoms with van der Waals surface area (Å²) >= 11 is 0. The number of aryl methyl sites for hydroxylation is 1. The molecule has 1 saturated carbocycles. The van der Waals surface area contributed by atoms with Gasteiger partial charge in [0.15, 0.2) is 0 Å². The Morgan fingerprint density at radius 3 is 2.28 bits per heavy atom. The van der Waals surface area contributed by atoms with Crippen LogP contribution in [0.1, 0.15) is 63.4 Å². The van der Waals surface area contributed by atoms with E-state index in [4.69, 9.17) is 0 Å². The molecular weight excluding hydrogens is 362 g/mol. The summed E-state index contributed by atoms with van der Waals surface area (Å²) in [4.78, 5) is 26.8. The lowest BCUT2D eigenvalue weighted by Crippen LogP contribution is -2.44. The Bertz CT molecular complexity index is 618. The molecule has 0 bridgehead atoms. The number of rotatable bonds is 8. The third-order valence-corrected chi connectivity index (χ3v) is 6.40. The van der Waals surface area contributed by atoms with E-state index in [0.29, 0.717) is 32.1 Å². The zero-order valence-electron chi connectivity index (χ0n) is 17.7. The summed E-state index contributed by atoms with van der Waals surface area (Å²) < 4.78 is 0. The Hall–Kier alpha value is -1.88. The molecule has 0 atom stereocenters. The standard InChI is InChI=1S/C24H37N3O2/c28-23(13-12-20-8-4-3-5-9-20)27-18-14-21(15-19-27)24(29)26-17-16-25-22-10-6-1-2-7-11-22/h3-5,8-9,21-22,25H,1-2,6-7,10-19H2,(H,26,29). The molecule has 3 rings (SSSR count). The molecule has 2 aliphatic rings. The largest absolute Gasteiger partial charge is 0.355 e. The number of benzene rings is 1. The molecule has 2 amide bonds. The van der Waals surface area contributed by atoms with Gasteiger partial charge in [-0.3, -0.25) is 9.59 Å². The molecule has 1 saturated heterocycles. The Morgan fingerprint density at radius 1 is 0.897 bits per heavy atom. The van der Waals surface area contributed by atoms with Crippen molar-refractivity contribution in [2.45, 2.75) is 70.3 Å². The van der Waals surface area contributed by atoms with Crippen LogP contribution >= 0.6 is 0 Å². The molecule has 0 spiro atoms. The van der Waals surface area contributed by atoms with Crippen LogP contribution in [0.3, 0.4) is 0 Å². The second-order valence-electron chi connectivity index (χ2n) is 8.57. The van der Waals surface area contributed by atoms with E-state index in [-0.39, 0.29) is 17.7 Å². The Kier molecular flexibility index (Phi) is 9.00. The average Bonchev–Trinajstić information content (AvgIpc) is 3.04. The molecule has 0 radical (unpaired) electrons. The van der Waals surface area contributed by atoms with E-state index in [1.165, 1.54) is 44.1 Å². The molecule has 1 heterocycles. The molecule has 1 aromatic rings. The average molecular weight is 400 g/mol. The lowest BCUT2D eigenvalue weighted by molar-refractivity contribution is -0.135. The second-order valence-corrected chi connectivity index (χ2v) is 8.57. The van der Waals surface area contributed by atoms with Gasteiger partial charge in [-0.25, -0.2) is 0 Å². The van der Waals surface area contributed by atoms with E-state index in [1.807, 2.05) is 23.1 Å². The Labute approximate surface area is 175 Å². The van der Waals surface area contributed by atoms with E-state index in [0.717, 1.165) is 25.8 Å². The van der Waals surface area contributed by atoms with Crippen molar-refractivity contribution in [1.29, 1.82) is 0 Å². The number of piperidine rings is 1. The van der Waals surface area contributed by atoms with E-state index < -0.39 is 0 Å². The molecule has 0 aromatic heterocycles. The van der Waals surface area contributed by atoms with Gasteiger partial charge in [0.05, 0.1) is 0 Å². The first-order valence-corrected chi connectivity index (χ1v) is 11.5. The highest BCUT2D eigenvalue weighted by atomic mass is 16.2. The number of carbonyl (C=O) groups excluding carboxylic acids is 2. The van der Waals surface area contributed by atoms with Gasteiger partial charge in [-0.15, -0.1) is 0 Å². The van der Waals surface area contributed by atoms with Crippen molar-refractivity contribution in [3.05, 3.63) is 35.9 Å². The number of amides is 2. The molecule has 5 heteroatoms. The van der Waals surface area contributed by atoms with Crippen molar-refractivity contribution < 1.29 is 9.59 Å². The maximum absolute atomic E-state index is 12.5. The SMILES string of the molecule is O=C(NCCNC1CCCCCC1)C1CCN(C(=O)CCc2ccccc2)CC1. The van der Waals surface area contributed by atoms with Crippen molar-refractivity contribution in [3.8, 4) is 0 Å². The van der Waals surface area contributed by atoms with Gasteiger partial charge in [0.1, 0.15) is 0 Å². The molecule has 29 heavy (non-hydrogen) atoms. The molecule has 160 valence electrons. The smallest absolute Gasteiger partial charge is 0.223 e. The number of likely N-dealkylation sites (tertiary alicyclic amines) is 1. The monoisotopic (exact) mass is 399 g/mol. The summed E-state index contributed by atoms with van der Waals surface area (Å²) in [5, 5.41) is 6.70. The van der Waals surface area contributed by atoms with Crippen molar-refractivity contribution in [1.82, 2.24) is 15.5 Å². The summed E-state index contributed by atoms with van der Waals surface area (Å²) in [6.45, 7) is 2.96. The molecule has 0 unspecified atom stereocenters. The number of carbonyl (C=O) groups is 2. The maximum atomic E-state index is 12.5. The van der Waals surface area contributed by atoms with Gasteiger partial charge in [0.2, 0.25) is 11.8 Å². The zero-order valence-corrected chi connectivity index (χ0v) is 17.7. The zero-order chi connectivity index (χ0) is 20.3. The first-order valence-electron chi connectivity index (χ1n) is 11.5. The number of nitrogens with zero attached hydrogens (tertiary/aromatic N) is 1. The summed E-state index contributed by atoms with van der Waals surface area (Å²) in [6.07, 6.45) is 10.8. The normalized spacial score (nSPS) is 19.0. The van der Waals surface area contributed by atoms with Crippen LogP contribution in [-0.2, 0) is 16.0 Å². The van der Waals surface area contributed by atoms with Crippen LogP contribution in [-0.4, -0.2) is 48.9 Å². The van der Waals surface area contributed by atoms with Gasteiger partial charge in [-0.1, -0.05) is 56.0 Å². The highest BCUT2D eigenvalue weighted by Gasteiger charge is 2.26. The maximum Gasteiger partial charge on any atom is 0.223 e. The van der Waals surface area contributed by atoms with Crippen LogP contribution in [0.25, 0.3) is 0 Å². The van der Waals surface area contributed by atoms with Crippen LogP contribution < -0.4 is 10.6 Å². The van der Waals surface area contributed by atoms with Crippen LogP contribution in [0.2, 0.25) is 0 Å². The predicted molar refractivity (Wildman–Crippen MR) is 117 cm³/mol. The minimum atomic E-state index is 0.0473. The van der Waals surface area contributed by atoms with Crippen LogP contribution in [0.5, 0.6) is 0 Å². The molecule has 1 aliphatic heterocycles. The topological polar surface area (TPSA) is 61.4 Å². The van der Waals surface area contributed by atoms with E-state index in [2.05, 4.69) is 22.8 Å². The number of hydrogen-bond donors (Lipinski definition) is 2. The minimum absolute atomic E-state index is 0.0473. The van der Waals surface area contributed by atoms with Gasteiger partial charge in [0, 0.05) is 44.6 Å². The minimum Gasteiger partial charge on any atom is -0.355 e.